The topological polar surface area (TPSA) is 47.0 Å². The molecule has 3 atom stereocenters. The first-order chi connectivity index (χ1) is 14.4. The molecule has 0 aliphatic carbocycles. The van der Waals surface area contributed by atoms with Gasteiger partial charge in [-0.3, -0.25) is 9.69 Å². The monoisotopic (exact) mass is 409 g/mol. The minimum absolute atomic E-state index is 0.0654. The van der Waals surface area contributed by atoms with E-state index >= 15 is 0 Å². The Bertz CT molecular complexity index is 865. The zero-order chi connectivity index (χ0) is 21.8. The Hall–Kier alpha value is -2.37. The summed E-state index contributed by atoms with van der Waals surface area (Å²) in [6.07, 6.45) is 0. The van der Waals surface area contributed by atoms with Crippen molar-refractivity contribution in [2.75, 3.05) is 33.2 Å². The number of rotatable bonds is 6. The molecule has 1 heterocycles. The molecule has 2 aromatic rings. The average Bonchev–Trinajstić information content (AvgIpc) is 2.73. The Balaban J connectivity index is 2.14. The molecule has 1 aliphatic heterocycles. The molecule has 0 unspecified atom stereocenters. The number of benzene rings is 2. The third kappa shape index (κ3) is 4.52. The third-order valence-corrected chi connectivity index (χ3v) is 6.40. The van der Waals surface area contributed by atoms with Gasteiger partial charge in [0.15, 0.2) is 0 Å². The van der Waals surface area contributed by atoms with Crippen LogP contribution in [0.2, 0.25) is 0 Å². The van der Waals surface area contributed by atoms with Gasteiger partial charge in [-0.2, -0.15) is 0 Å². The van der Waals surface area contributed by atoms with Gasteiger partial charge in [0, 0.05) is 43.8 Å². The van der Waals surface area contributed by atoms with Crippen molar-refractivity contribution < 1.29 is 9.90 Å². The summed E-state index contributed by atoms with van der Waals surface area (Å²) in [6, 6.07) is 16.1. The first-order valence-corrected chi connectivity index (χ1v) is 11.0. The maximum atomic E-state index is 13.4. The van der Waals surface area contributed by atoms with Gasteiger partial charge < -0.3 is 14.9 Å². The van der Waals surface area contributed by atoms with Gasteiger partial charge in [0.05, 0.1) is 6.04 Å². The van der Waals surface area contributed by atoms with E-state index in [0.29, 0.717) is 25.2 Å². The fourth-order valence-electron chi connectivity index (χ4n) is 4.54. The van der Waals surface area contributed by atoms with E-state index in [1.807, 2.05) is 49.1 Å². The Morgan fingerprint density at radius 2 is 1.77 bits per heavy atom. The van der Waals surface area contributed by atoms with Crippen LogP contribution >= 0.6 is 0 Å². The quantitative estimate of drug-likeness (QED) is 0.784. The van der Waals surface area contributed by atoms with E-state index in [-0.39, 0.29) is 17.7 Å². The summed E-state index contributed by atoms with van der Waals surface area (Å²) in [4.78, 5) is 20.1. The number of nitrogens with zero attached hydrogens (tertiary/aromatic N) is 3. The minimum atomic E-state index is -0.0982. The molecule has 5 heteroatoms. The lowest BCUT2D eigenvalue weighted by Gasteiger charge is -2.46. The van der Waals surface area contributed by atoms with E-state index < -0.39 is 0 Å². The second-order valence-electron chi connectivity index (χ2n) is 8.40. The smallest absolute Gasteiger partial charge is 0.254 e. The molecule has 1 fully saturated rings. The van der Waals surface area contributed by atoms with Crippen molar-refractivity contribution in [1.29, 1.82) is 0 Å². The highest BCUT2D eigenvalue weighted by Gasteiger charge is 2.35. The number of piperazine rings is 1. The van der Waals surface area contributed by atoms with E-state index in [1.54, 1.807) is 6.07 Å². The predicted octanol–water partition coefficient (Wildman–Crippen LogP) is 3.99. The molecule has 30 heavy (non-hydrogen) atoms. The number of hydrogen-bond donors (Lipinski definition) is 1. The largest absolute Gasteiger partial charge is 0.508 e. The Morgan fingerprint density at radius 1 is 1.07 bits per heavy atom. The molecule has 3 rings (SSSR count). The summed E-state index contributed by atoms with van der Waals surface area (Å²) in [5.74, 6) is 0.315. The van der Waals surface area contributed by atoms with Crippen LogP contribution in [0.5, 0.6) is 5.75 Å². The highest BCUT2D eigenvalue weighted by Crippen LogP contribution is 2.36. The number of carbonyl (C=O) groups excluding carboxylic acids is 1. The van der Waals surface area contributed by atoms with Crippen molar-refractivity contribution in [3.63, 3.8) is 0 Å². The van der Waals surface area contributed by atoms with Crippen molar-refractivity contribution in [3.8, 4) is 5.75 Å². The zero-order valence-corrected chi connectivity index (χ0v) is 18.9. The first kappa shape index (κ1) is 22.3. The summed E-state index contributed by atoms with van der Waals surface area (Å²) >= 11 is 0. The molecule has 1 amide bonds. The lowest BCUT2D eigenvalue weighted by atomic mass is 9.90. The van der Waals surface area contributed by atoms with Crippen molar-refractivity contribution in [2.45, 2.75) is 45.8 Å². The normalized spacial score (nSPS) is 21.4. The Kier molecular flexibility index (Phi) is 7.16. The number of likely N-dealkylation sites (N-methyl/N-ethyl adjacent to an activating group) is 1. The lowest BCUT2D eigenvalue weighted by molar-refractivity contribution is 0.0384. The molecule has 162 valence electrons. The minimum Gasteiger partial charge on any atom is -0.508 e. The molecule has 0 aromatic heterocycles. The fourth-order valence-corrected chi connectivity index (χ4v) is 4.54. The average molecular weight is 410 g/mol. The van der Waals surface area contributed by atoms with Gasteiger partial charge in [0.25, 0.3) is 5.91 Å². The number of phenols is 1. The van der Waals surface area contributed by atoms with Gasteiger partial charge in [-0.25, -0.2) is 0 Å². The maximum Gasteiger partial charge on any atom is 0.254 e. The summed E-state index contributed by atoms with van der Waals surface area (Å²) in [5, 5.41) is 10.2. The van der Waals surface area contributed by atoms with Gasteiger partial charge >= 0.3 is 0 Å². The molecule has 0 saturated carbocycles. The summed E-state index contributed by atoms with van der Waals surface area (Å²) < 4.78 is 0. The second-order valence-corrected chi connectivity index (χ2v) is 8.40. The van der Waals surface area contributed by atoms with Crippen LogP contribution in [-0.4, -0.2) is 71.0 Å². The van der Waals surface area contributed by atoms with Crippen LogP contribution in [0.25, 0.3) is 0 Å². The highest BCUT2D eigenvalue weighted by molar-refractivity contribution is 5.96. The Labute approximate surface area is 180 Å². The predicted molar refractivity (Wildman–Crippen MR) is 122 cm³/mol. The summed E-state index contributed by atoms with van der Waals surface area (Å²) in [6.45, 7) is 11.7. The number of hydrogen-bond acceptors (Lipinski definition) is 4. The molecule has 0 bridgehead atoms. The van der Waals surface area contributed by atoms with Crippen molar-refractivity contribution in [1.82, 2.24) is 14.7 Å². The van der Waals surface area contributed by atoms with Crippen LogP contribution in [0.15, 0.2) is 48.5 Å². The van der Waals surface area contributed by atoms with Gasteiger partial charge in [-0.1, -0.05) is 30.3 Å². The second kappa shape index (κ2) is 9.63. The molecular formula is C25H35N3O2. The standard InChI is InChI=1S/C25H35N3O2/c1-6-27(7-2)25(30)23-14-9-8-13-22(23)24(20-11-10-12-21(29)15-20)28-17-18(3)26(5)16-19(28)4/h8-15,18-19,24,29H,6-7,16-17H2,1-5H3/t18-,19+,24-/m1/s1. The third-order valence-electron chi connectivity index (χ3n) is 6.40. The van der Waals surface area contributed by atoms with Gasteiger partial charge in [-0.15, -0.1) is 0 Å². The fraction of sp³-hybridized carbons (Fsp3) is 0.480. The summed E-state index contributed by atoms with van der Waals surface area (Å²) in [7, 11) is 2.17. The lowest BCUT2D eigenvalue weighted by Crippen LogP contribution is -2.56. The van der Waals surface area contributed by atoms with Gasteiger partial charge in [-0.05, 0) is 64.1 Å². The van der Waals surface area contributed by atoms with Crippen LogP contribution in [0, 0.1) is 0 Å². The van der Waals surface area contributed by atoms with Gasteiger partial charge in [0.2, 0.25) is 0 Å². The van der Waals surface area contributed by atoms with Crippen LogP contribution in [0.3, 0.4) is 0 Å². The van der Waals surface area contributed by atoms with Crippen LogP contribution in [0.1, 0.15) is 55.2 Å². The number of phenolic OH excluding ortho intramolecular Hbond substituents is 1. The molecule has 0 spiro atoms. The highest BCUT2D eigenvalue weighted by atomic mass is 16.3. The van der Waals surface area contributed by atoms with Crippen LogP contribution < -0.4 is 0 Å². The maximum absolute atomic E-state index is 13.4. The van der Waals surface area contributed by atoms with Crippen LogP contribution in [-0.2, 0) is 0 Å². The van der Waals surface area contributed by atoms with Crippen LogP contribution in [0.4, 0.5) is 0 Å². The van der Waals surface area contributed by atoms with E-state index in [0.717, 1.165) is 29.8 Å². The molecule has 2 aromatic carbocycles. The molecule has 1 saturated heterocycles. The molecule has 1 N–H and O–H groups in total. The first-order valence-electron chi connectivity index (χ1n) is 11.0. The van der Waals surface area contributed by atoms with E-state index in [9.17, 15) is 9.90 Å². The molecular weight excluding hydrogens is 374 g/mol. The number of aromatic hydroxyl groups is 1. The zero-order valence-electron chi connectivity index (χ0n) is 18.9. The Morgan fingerprint density at radius 3 is 2.43 bits per heavy atom. The van der Waals surface area contributed by atoms with E-state index in [1.165, 1.54) is 0 Å². The molecule has 1 aliphatic rings. The summed E-state index contributed by atoms with van der Waals surface area (Å²) in [5.41, 5.74) is 2.76. The SMILES string of the molecule is CCN(CC)C(=O)c1ccccc1[C@@H](c1cccc(O)c1)N1C[C@@H](C)N(C)C[C@@H]1C. The van der Waals surface area contributed by atoms with Crippen molar-refractivity contribution in [3.05, 3.63) is 65.2 Å². The number of carbonyl (C=O) groups is 1. The van der Waals surface area contributed by atoms with E-state index in [4.69, 9.17) is 0 Å². The van der Waals surface area contributed by atoms with Crippen molar-refractivity contribution >= 4 is 5.91 Å². The molecule has 0 radical (unpaired) electrons. The van der Waals surface area contributed by atoms with Crippen molar-refractivity contribution in [2.24, 2.45) is 0 Å². The number of amides is 1. The van der Waals surface area contributed by atoms with Gasteiger partial charge in [0.1, 0.15) is 5.75 Å². The molecule has 5 nitrogen and oxygen atoms in total. The van der Waals surface area contributed by atoms with E-state index in [2.05, 4.69) is 42.8 Å².